The summed E-state index contributed by atoms with van der Waals surface area (Å²) in [7, 11) is 0. The van der Waals surface area contributed by atoms with Crippen LogP contribution in [0.2, 0.25) is 0 Å². The maximum absolute atomic E-state index is 12.1. The van der Waals surface area contributed by atoms with Gasteiger partial charge in [-0.05, 0) is 31.5 Å². The van der Waals surface area contributed by atoms with Gasteiger partial charge < -0.3 is 20.2 Å². The van der Waals surface area contributed by atoms with Gasteiger partial charge in [0.15, 0.2) is 0 Å². The van der Waals surface area contributed by atoms with E-state index in [9.17, 15) is 14.7 Å². The van der Waals surface area contributed by atoms with Gasteiger partial charge >= 0.3 is 0 Å². The lowest BCUT2D eigenvalue weighted by atomic mass is 9.92. The molecule has 0 aliphatic heterocycles. The summed E-state index contributed by atoms with van der Waals surface area (Å²) in [5, 5.41) is 15.7. The van der Waals surface area contributed by atoms with Gasteiger partial charge in [0.05, 0.1) is 24.8 Å². The molecule has 1 heterocycles. The van der Waals surface area contributed by atoms with Gasteiger partial charge in [0.2, 0.25) is 11.8 Å². The SMILES string of the molecule is CC(NC(=O)CC(C)(O)c1ccccc1)C(=O)NCc1ccco1. The van der Waals surface area contributed by atoms with Crippen molar-refractivity contribution in [3.05, 3.63) is 60.1 Å². The summed E-state index contributed by atoms with van der Waals surface area (Å²) in [5.74, 6) is -0.0857. The molecule has 2 atom stereocenters. The van der Waals surface area contributed by atoms with E-state index < -0.39 is 17.6 Å². The van der Waals surface area contributed by atoms with E-state index in [0.717, 1.165) is 0 Å². The van der Waals surface area contributed by atoms with E-state index >= 15 is 0 Å². The Kier molecular flexibility index (Phi) is 5.76. The molecule has 1 aromatic carbocycles. The van der Waals surface area contributed by atoms with Crippen LogP contribution in [0, 0.1) is 0 Å². The predicted molar refractivity (Wildman–Crippen MR) is 88.8 cm³/mol. The zero-order valence-corrected chi connectivity index (χ0v) is 13.8. The molecule has 2 aromatic rings. The third-order valence-electron chi connectivity index (χ3n) is 3.69. The molecule has 1 aromatic heterocycles. The van der Waals surface area contributed by atoms with Gasteiger partial charge in [0.1, 0.15) is 11.8 Å². The van der Waals surface area contributed by atoms with Crippen LogP contribution >= 0.6 is 0 Å². The normalized spacial score (nSPS) is 14.5. The molecule has 6 nitrogen and oxygen atoms in total. The molecule has 24 heavy (non-hydrogen) atoms. The highest BCUT2D eigenvalue weighted by molar-refractivity contribution is 5.87. The first kappa shape index (κ1) is 17.7. The van der Waals surface area contributed by atoms with Gasteiger partial charge in [-0.1, -0.05) is 30.3 Å². The third-order valence-corrected chi connectivity index (χ3v) is 3.69. The number of benzene rings is 1. The Morgan fingerprint density at radius 3 is 2.54 bits per heavy atom. The van der Waals surface area contributed by atoms with Crippen LogP contribution in [0.1, 0.15) is 31.6 Å². The molecule has 0 aliphatic rings. The fourth-order valence-electron chi connectivity index (χ4n) is 2.31. The molecule has 0 aliphatic carbocycles. The first-order chi connectivity index (χ1) is 11.4. The number of furan rings is 1. The zero-order valence-electron chi connectivity index (χ0n) is 13.8. The van der Waals surface area contributed by atoms with Crippen LogP contribution in [0.5, 0.6) is 0 Å². The largest absolute Gasteiger partial charge is 0.467 e. The Balaban J connectivity index is 1.83. The Hall–Kier alpha value is -2.60. The number of amides is 2. The molecule has 0 radical (unpaired) electrons. The van der Waals surface area contributed by atoms with Gasteiger partial charge in [-0.3, -0.25) is 9.59 Å². The number of carbonyl (C=O) groups excluding carboxylic acids is 2. The summed E-state index contributed by atoms with van der Waals surface area (Å²) in [5.41, 5.74) is -0.648. The van der Waals surface area contributed by atoms with Crippen LogP contribution in [0.3, 0.4) is 0 Å². The topological polar surface area (TPSA) is 91.6 Å². The second-order valence-corrected chi connectivity index (χ2v) is 5.90. The number of hydrogen-bond donors (Lipinski definition) is 3. The summed E-state index contributed by atoms with van der Waals surface area (Å²) in [4.78, 5) is 24.1. The predicted octanol–water partition coefficient (Wildman–Crippen LogP) is 1.70. The lowest BCUT2D eigenvalue weighted by Crippen LogP contribution is -2.46. The maximum Gasteiger partial charge on any atom is 0.242 e. The van der Waals surface area contributed by atoms with Crippen molar-refractivity contribution >= 4 is 11.8 Å². The Labute approximate surface area is 140 Å². The van der Waals surface area contributed by atoms with E-state index in [1.807, 2.05) is 6.07 Å². The first-order valence-corrected chi connectivity index (χ1v) is 7.76. The highest BCUT2D eigenvalue weighted by Crippen LogP contribution is 2.23. The van der Waals surface area contributed by atoms with Gasteiger partial charge in [-0.25, -0.2) is 0 Å². The number of aliphatic hydroxyl groups is 1. The highest BCUT2D eigenvalue weighted by Gasteiger charge is 2.27. The smallest absolute Gasteiger partial charge is 0.242 e. The lowest BCUT2D eigenvalue weighted by molar-refractivity contribution is -0.131. The van der Waals surface area contributed by atoms with Crippen molar-refractivity contribution in [2.45, 2.75) is 38.5 Å². The molecule has 2 unspecified atom stereocenters. The van der Waals surface area contributed by atoms with E-state index in [-0.39, 0.29) is 18.9 Å². The molecule has 2 amide bonds. The van der Waals surface area contributed by atoms with Crippen molar-refractivity contribution in [3.8, 4) is 0 Å². The standard InChI is InChI=1S/C18H22N2O4/c1-13(17(22)19-12-15-9-6-10-24-15)20-16(21)11-18(2,23)14-7-4-3-5-8-14/h3-10,13,23H,11-12H2,1-2H3,(H,19,22)(H,20,21). The van der Waals surface area contributed by atoms with Crippen LogP contribution in [0.25, 0.3) is 0 Å². The molecule has 0 saturated carbocycles. The van der Waals surface area contributed by atoms with Crippen molar-refractivity contribution < 1.29 is 19.1 Å². The molecule has 0 saturated heterocycles. The number of hydrogen-bond acceptors (Lipinski definition) is 4. The first-order valence-electron chi connectivity index (χ1n) is 7.76. The minimum absolute atomic E-state index is 0.132. The average molecular weight is 330 g/mol. The van der Waals surface area contributed by atoms with Crippen LogP contribution in [0.4, 0.5) is 0 Å². The summed E-state index contributed by atoms with van der Waals surface area (Å²) in [6.45, 7) is 3.42. The Morgan fingerprint density at radius 1 is 1.21 bits per heavy atom. The number of rotatable bonds is 7. The van der Waals surface area contributed by atoms with Crippen molar-refractivity contribution in [2.24, 2.45) is 0 Å². The van der Waals surface area contributed by atoms with E-state index in [4.69, 9.17) is 4.42 Å². The number of nitrogens with one attached hydrogen (secondary N) is 2. The van der Waals surface area contributed by atoms with Crippen molar-refractivity contribution in [1.82, 2.24) is 10.6 Å². The second kappa shape index (κ2) is 7.79. The van der Waals surface area contributed by atoms with Crippen LogP contribution in [-0.4, -0.2) is 23.0 Å². The molecule has 128 valence electrons. The van der Waals surface area contributed by atoms with Crippen molar-refractivity contribution in [2.75, 3.05) is 0 Å². The van der Waals surface area contributed by atoms with E-state index in [0.29, 0.717) is 11.3 Å². The second-order valence-electron chi connectivity index (χ2n) is 5.90. The van der Waals surface area contributed by atoms with Crippen LogP contribution in [-0.2, 0) is 21.7 Å². The zero-order chi connectivity index (χ0) is 17.6. The van der Waals surface area contributed by atoms with Crippen LogP contribution < -0.4 is 10.6 Å². The molecular weight excluding hydrogens is 308 g/mol. The molecule has 0 spiro atoms. The average Bonchev–Trinajstić information content (AvgIpc) is 3.06. The molecule has 3 N–H and O–H groups in total. The summed E-state index contributed by atoms with van der Waals surface area (Å²) in [6.07, 6.45) is 1.39. The molecular formula is C18H22N2O4. The molecule has 0 fully saturated rings. The van der Waals surface area contributed by atoms with Crippen molar-refractivity contribution in [3.63, 3.8) is 0 Å². The maximum atomic E-state index is 12.1. The molecule has 2 rings (SSSR count). The van der Waals surface area contributed by atoms with E-state index in [2.05, 4.69) is 10.6 Å². The minimum Gasteiger partial charge on any atom is -0.467 e. The fraction of sp³-hybridized carbons (Fsp3) is 0.333. The highest BCUT2D eigenvalue weighted by atomic mass is 16.3. The summed E-state index contributed by atoms with van der Waals surface area (Å²) < 4.78 is 5.12. The quantitative estimate of drug-likeness (QED) is 0.720. The minimum atomic E-state index is -1.30. The summed E-state index contributed by atoms with van der Waals surface area (Å²) in [6, 6.07) is 11.7. The van der Waals surface area contributed by atoms with E-state index in [1.165, 1.54) is 6.26 Å². The van der Waals surface area contributed by atoms with Gasteiger partial charge in [-0.2, -0.15) is 0 Å². The van der Waals surface area contributed by atoms with Gasteiger partial charge in [0, 0.05) is 0 Å². The monoisotopic (exact) mass is 330 g/mol. The van der Waals surface area contributed by atoms with Gasteiger partial charge in [-0.15, -0.1) is 0 Å². The van der Waals surface area contributed by atoms with E-state index in [1.54, 1.807) is 50.2 Å². The van der Waals surface area contributed by atoms with Gasteiger partial charge in [0.25, 0.3) is 0 Å². The molecule has 6 heteroatoms. The Morgan fingerprint density at radius 2 is 1.92 bits per heavy atom. The van der Waals surface area contributed by atoms with Crippen molar-refractivity contribution in [1.29, 1.82) is 0 Å². The Bertz CT molecular complexity index is 666. The summed E-state index contributed by atoms with van der Waals surface area (Å²) >= 11 is 0. The van der Waals surface area contributed by atoms with Crippen LogP contribution in [0.15, 0.2) is 53.1 Å². The lowest BCUT2D eigenvalue weighted by Gasteiger charge is -2.24. The molecule has 0 bridgehead atoms. The number of carbonyl (C=O) groups is 2. The fourth-order valence-corrected chi connectivity index (χ4v) is 2.31. The third kappa shape index (κ3) is 4.96.